The van der Waals surface area contributed by atoms with E-state index in [9.17, 15) is 0 Å². The molecule has 0 aromatic carbocycles. The Hall–Kier alpha value is -1.91. The highest BCUT2D eigenvalue weighted by atomic mass is 15.2. The summed E-state index contributed by atoms with van der Waals surface area (Å²) in [6.07, 6.45) is 8.10. The molecule has 0 saturated carbocycles. The maximum absolute atomic E-state index is 5.58. The Balaban J connectivity index is 2.09. The predicted octanol–water partition coefficient (Wildman–Crippen LogP) is 1.12. The third-order valence-corrected chi connectivity index (χ3v) is 2.94. The van der Waals surface area contributed by atoms with Gasteiger partial charge in [-0.15, -0.1) is 0 Å². The largest absolute Gasteiger partial charge is 0.368 e. The summed E-state index contributed by atoms with van der Waals surface area (Å²) in [5.41, 5.74) is 8.05. The molecule has 0 radical (unpaired) electrons. The number of rotatable bonds is 1. The van der Waals surface area contributed by atoms with Gasteiger partial charge in [0.1, 0.15) is 12.1 Å². The highest BCUT2D eigenvalue weighted by Crippen LogP contribution is 2.22. The molecule has 5 nitrogen and oxygen atoms in total. The predicted molar refractivity (Wildman–Crippen MR) is 60.2 cm³/mol. The first kappa shape index (κ1) is 9.33. The highest BCUT2D eigenvalue weighted by Gasteiger charge is 2.16. The van der Waals surface area contributed by atoms with Crippen LogP contribution in [0.15, 0.2) is 18.6 Å². The number of nitrogens with two attached hydrogens (primary N) is 1. The lowest BCUT2D eigenvalue weighted by Crippen LogP contribution is -2.08. The Morgan fingerprint density at radius 3 is 2.94 bits per heavy atom. The summed E-state index contributed by atoms with van der Waals surface area (Å²) in [4.78, 5) is 12.5. The summed E-state index contributed by atoms with van der Waals surface area (Å²) in [5, 5.41) is 0. The Kier molecular flexibility index (Phi) is 2.09. The van der Waals surface area contributed by atoms with Crippen molar-refractivity contribution in [2.24, 2.45) is 0 Å². The van der Waals surface area contributed by atoms with E-state index in [0.29, 0.717) is 5.95 Å². The molecule has 5 heteroatoms. The molecular weight excluding hydrogens is 202 g/mol. The van der Waals surface area contributed by atoms with Gasteiger partial charge in [-0.3, -0.25) is 4.57 Å². The topological polar surface area (TPSA) is 69.6 Å². The molecule has 0 spiro atoms. The van der Waals surface area contributed by atoms with Crippen LogP contribution in [0.5, 0.6) is 0 Å². The number of aryl methyl sites for hydroxylation is 1. The van der Waals surface area contributed by atoms with Crippen LogP contribution in [-0.4, -0.2) is 19.5 Å². The number of fused-ring (bicyclic) bond motifs is 1. The van der Waals surface area contributed by atoms with Crippen LogP contribution in [0, 0.1) is 0 Å². The average molecular weight is 215 g/mol. The normalized spacial score (nSPS) is 14.8. The van der Waals surface area contributed by atoms with E-state index in [2.05, 4.69) is 15.0 Å². The van der Waals surface area contributed by atoms with Crippen molar-refractivity contribution in [1.82, 2.24) is 19.5 Å². The second-order valence-electron chi connectivity index (χ2n) is 3.99. The smallest absolute Gasteiger partial charge is 0.221 e. The molecule has 3 rings (SSSR count). The zero-order valence-electron chi connectivity index (χ0n) is 8.93. The summed E-state index contributed by atoms with van der Waals surface area (Å²) in [6, 6.07) is 1.85. The van der Waals surface area contributed by atoms with Crippen molar-refractivity contribution in [3.05, 3.63) is 30.0 Å². The van der Waals surface area contributed by atoms with Crippen molar-refractivity contribution in [1.29, 1.82) is 0 Å². The fourth-order valence-electron chi connectivity index (χ4n) is 2.16. The number of imidazole rings is 1. The van der Waals surface area contributed by atoms with Crippen LogP contribution < -0.4 is 5.73 Å². The molecule has 0 saturated heterocycles. The minimum atomic E-state index is 0.302. The summed E-state index contributed by atoms with van der Waals surface area (Å²) in [6.45, 7) is 0. The van der Waals surface area contributed by atoms with Gasteiger partial charge < -0.3 is 5.73 Å². The molecule has 2 aromatic rings. The number of hydrogen-bond donors (Lipinski definition) is 1. The summed E-state index contributed by atoms with van der Waals surface area (Å²) >= 11 is 0. The van der Waals surface area contributed by atoms with E-state index in [-0.39, 0.29) is 0 Å². The van der Waals surface area contributed by atoms with Crippen LogP contribution in [0.3, 0.4) is 0 Å². The molecule has 1 aliphatic rings. The molecule has 0 amide bonds. The molecule has 0 aliphatic heterocycles. The van der Waals surface area contributed by atoms with Crippen LogP contribution in [0.2, 0.25) is 0 Å². The number of nitrogens with zero attached hydrogens (tertiary/aromatic N) is 4. The Morgan fingerprint density at radius 2 is 2.06 bits per heavy atom. The van der Waals surface area contributed by atoms with Gasteiger partial charge in [-0.05, 0) is 31.7 Å². The zero-order valence-corrected chi connectivity index (χ0v) is 8.93. The van der Waals surface area contributed by atoms with Crippen LogP contribution >= 0.6 is 0 Å². The second kappa shape index (κ2) is 3.59. The molecule has 0 atom stereocenters. The monoisotopic (exact) mass is 215 g/mol. The molecule has 1 aliphatic carbocycles. The summed E-state index contributed by atoms with van der Waals surface area (Å²) in [7, 11) is 0. The van der Waals surface area contributed by atoms with Crippen LogP contribution in [0.1, 0.15) is 24.2 Å². The average Bonchev–Trinajstić information content (AvgIpc) is 2.72. The third kappa shape index (κ3) is 1.44. The van der Waals surface area contributed by atoms with Gasteiger partial charge in [0.05, 0.1) is 5.69 Å². The molecule has 0 unspecified atom stereocenters. The molecule has 0 fully saturated rings. The van der Waals surface area contributed by atoms with Crippen molar-refractivity contribution in [2.45, 2.75) is 25.7 Å². The molecular formula is C11H13N5. The van der Waals surface area contributed by atoms with Gasteiger partial charge in [0, 0.05) is 11.9 Å². The fourth-order valence-corrected chi connectivity index (χ4v) is 2.16. The SMILES string of the molecule is Nc1nccc(-n2cnc3c2CCCC3)n1. The van der Waals surface area contributed by atoms with Gasteiger partial charge in [0.15, 0.2) is 0 Å². The van der Waals surface area contributed by atoms with Gasteiger partial charge >= 0.3 is 0 Å². The molecule has 16 heavy (non-hydrogen) atoms. The molecule has 2 N–H and O–H groups in total. The van der Waals surface area contributed by atoms with Crippen LogP contribution in [0.25, 0.3) is 5.82 Å². The Bertz CT molecular complexity index is 517. The van der Waals surface area contributed by atoms with Crippen molar-refractivity contribution < 1.29 is 0 Å². The van der Waals surface area contributed by atoms with E-state index in [1.807, 2.05) is 17.0 Å². The second-order valence-corrected chi connectivity index (χ2v) is 3.99. The lowest BCUT2D eigenvalue weighted by atomic mass is 10.0. The van der Waals surface area contributed by atoms with Crippen LogP contribution in [-0.2, 0) is 12.8 Å². The fraction of sp³-hybridized carbons (Fsp3) is 0.364. The molecule has 0 bridgehead atoms. The van der Waals surface area contributed by atoms with Crippen molar-refractivity contribution in [2.75, 3.05) is 5.73 Å². The number of hydrogen-bond acceptors (Lipinski definition) is 4. The quantitative estimate of drug-likeness (QED) is 0.774. The van der Waals surface area contributed by atoms with Crippen molar-refractivity contribution >= 4 is 5.95 Å². The Morgan fingerprint density at radius 1 is 1.19 bits per heavy atom. The van der Waals surface area contributed by atoms with E-state index in [1.165, 1.54) is 24.2 Å². The number of anilines is 1. The molecule has 2 aromatic heterocycles. The summed E-state index contributed by atoms with van der Waals surface area (Å²) in [5.74, 6) is 1.11. The van der Waals surface area contributed by atoms with E-state index >= 15 is 0 Å². The maximum atomic E-state index is 5.58. The van der Waals surface area contributed by atoms with Crippen LogP contribution in [0.4, 0.5) is 5.95 Å². The van der Waals surface area contributed by atoms with E-state index in [0.717, 1.165) is 18.7 Å². The lowest BCUT2D eigenvalue weighted by Gasteiger charge is -2.13. The van der Waals surface area contributed by atoms with Gasteiger partial charge in [-0.25, -0.2) is 9.97 Å². The minimum Gasteiger partial charge on any atom is -0.368 e. The van der Waals surface area contributed by atoms with Crippen molar-refractivity contribution in [3.63, 3.8) is 0 Å². The van der Waals surface area contributed by atoms with E-state index in [4.69, 9.17) is 5.73 Å². The Labute approximate surface area is 93.4 Å². The first-order valence-electron chi connectivity index (χ1n) is 5.48. The van der Waals surface area contributed by atoms with Gasteiger partial charge in [0.25, 0.3) is 0 Å². The maximum Gasteiger partial charge on any atom is 0.221 e. The zero-order chi connectivity index (χ0) is 11.0. The molecule has 82 valence electrons. The van der Waals surface area contributed by atoms with E-state index < -0.39 is 0 Å². The third-order valence-electron chi connectivity index (χ3n) is 2.94. The highest BCUT2D eigenvalue weighted by molar-refractivity contribution is 5.32. The van der Waals surface area contributed by atoms with Gasteiger partial charge in [-0.1, -0.05) is 0 Å². The lowest BCUT2D eigenvalue weighted by molar-refractivity contribution is 0.654. The van der Waals surface area contributed by atoms with Gasteiger partial charge in [0.2, 0.25) is 5.95 Å². The number of nitrogen functional groups attached to an aromatic ring is 1. The first-order valence-corrected chi connectivity index (χ1v) is 5.48. The standard InChI is InChI=1S/C11H13N5/c12-11-13-6-5-10(15-11)16-7-14-8-3-1-2-4-9(8)16/h5-7H,1-4H2,(H2,12,13,15). The summed E-state index contributed by atoms with van der Waals surface area (Å²) < 4.78 is 2.02. The van der Waals surface area contributed by atoms with Crippen molar-refractivity contribution in [3.8, 4) is 5.82 Å². The first-order chi connectivity index (χ1) is 7.84. The number of aromatic nitrogens is 4. The van der Waals surface area contributed by atoms with Gasteiger partial charge in [-0.2, -0.15) is 4.98 Å². The molecule has 2 heterocycles. The minimum absolute atomic E-state index is 0.302. The van der Waals surface area contributed by atoms with E-state index in [1.54, 1.807) is 6.20 Å².